The molecule has 1 amide bonds. The van der Waals surface area contributed by atoms with E-state index in [4.69, 9.17) is 4.74 Å². The highest BCUT2D eigenvalue weighted by Crippen LogP contribution is 2.22. The Kier molecular flexibility index (Phi) is 8.42. The summed E-state index contributed by atoms with van der Waals surface area (Å²) in [5, 5.41) is 2.98. The molecule has 1 saturated heterocycles. The zero-order chi connectivity index (χ0) is 23.1. The summed E-state index contributed by atoms with van der Waals surface area (Å²) in [7, 11) is -3.64. The van der Waals surface area contributed by atoms with Gasteiger partial charge in [-0.25, -0.2) is 13.1 Å². The quantitative estimate of drug-likeness (QED) is 0.602. The molecule has 0 radical (unpaired) electrons. The number of hydrogen-bond acceptors (Lipinski definition) is 5. The fourth-order valence-electron chi connectivity index (χ4n) is 3.79. The Balaban J connectivity index is 1.55. The first-order chi connectivity index (χ1) is 15.3. The number of carbonyl (C=O) groups excluding carboxylic acids is 1. The Morgan fingerprint density at radius 1 is 1.06 bits per heavy atom. The van der Waals surface area contributed by atoms with E-state index in [-0.39, 0.29) is 29.8 Å². The molecule has 0 aliphatic carbocycles. The zero-order valence-corrected chi connectivity index (χ0v) is 19.9. The molecule has 7 nitrogen and oxygen atoms in total. The maximum absolute atomic E-state index is 12.5. The standard InChI is InChI=1S/C24H33N3O4S/c1-18-5-4-6-21(15-18)23(27-11-13-31-14-12-27)17-25-24(28)9-10-26-32(29,30)22-8-7-19(2)20(3)16-22/h4-8,15-16,23,26H,9-14,17H2,1-3H3,(H,25,28). The van der Waals surface area contributed by atoms with Crippen LogP contribution in [-0.4, -0.2) is 58.6 Å². The number of rotatable bonds is 9. The van der Waals surface area contributed by atoms with Crippen molar-refractivity contribution in [2.45, 2.75) is 38.1 Å². The summed E-state index contributed by atoms with van der Waals surface area (Å²) in [6, 6.07) is 13.4. The van der Waals surface area contributed by atoms with Crippen LogP contribution >= 0.6 is 0 Å². The molecule has 1 aliphatic rings. The lowest BCUT2D eigenvalue weighted by Gasteiger charge is -2.35. The average Bonchev–Trinajstić information content (AvgIpc) is 2.76. The van der Waals surface area contributed by atoms with Crippen LogP contribution in [0.25, 0.3) is 0 Å². The number of hydrogen-bond donors (Lipinski definition) is 2. The number of amides is 1. The minimum atomic E-state index is -3.64. The minimum Gasteiger partial charge on any atom is -0.379 e. The van der Waals surface area contributed by atoms with Crippen molar-refractivity contribution in [1.29, 1.82) is 0 Å². The minimum absolute atomic E-state index is 0.0494. The van der Waals surface area contributed by atoms with Crippen LogP contribution < -0.4 is 10.0 Å². The molecule has 174 valence electrons. The van der Waals surface area contributed by atoms with Crippen molar-refractivity contribution >= 4 is 15.9 Å². The van der Waals surface area contributed by atoms with E-state index in [0.717, 1.165) is 29.8 Å². The molecule has 0 bridgehead atoms. The predicted octanol–water partition coefficient (Wildman–Crippen LogP) is 2.47. The van der Waals surface area contributed by atoms with Crippen molar-refractivity contribution in [3.63, 3.8) is 0 Å². The van der Waals surface area contributed by atoms with E-state index < -0.39 is 10.0 Å². The van der Waals surface area contributed by atoms with Gasteiger partial charge in [-0.05, 0) is 49.6 Å². The van der Waals surface area contributed by atoms with Gasteiger partial charge in [0.1, 0.15) is 0 Å². The van der Waals surface area contributed by atoms with Crippen LogP contribution in [0.4, 0.5) is 0 Å². The Morgan fingerprint density at radius 3 is 2.50 bits per heavy atom. The Labute approximate surface area is 191 Å². The number of aryl methyl sites for hydroxylation is 3. The summed E-state index contributed by atoms with van der Waals surface area (Å²) >= 11 is 0. The van der Waals surface area contributed by atoms with Crippen LogP contribution in [0.15, 0.2) is 47.4 Å². The summed E-state index contributed by atoms with van der Waals surface area (Å²) in [5.74, 6) is -0.182. The second-order valence-electron chi connectivity index (χ2n) is 8.28. The van der Waals surface area contributed by atoms with E-state index in [1.165, 1.54) is 5.56 Å². The van der Waals surface area contributed by atoms with Crippen molar-refractivity contribution in [2.75, 3.05) is 39.4 Å². The molecule has 0 aromatic heterocycles. The van der Waals surface area contributed by atoms with Gasteiger partial charge in [0.25, 0.3) is 0 Å². The van der Waals surface area contributed by atoms with Gasteiger partial charge in [-0.3, -0.25) is 9.69 Å². The fourth-order valence-corrected chi connectivity index (χ4v) is 4.90. The summed E-state index contributed by atoms with van der Waals surface area (Å²) in [6.45, 7) is 9.35. The molecule has 1 aliphatic heterocycles. The molecule has 1 heterocycles. The van der Waals surface area contributed by atoms with E-state index in [2.05, 4.69) is 40.1 Å². The second kappa shape index (κ2) is 11.0. The molecule has 1 unspecified atom stereocenters. The lowest BCUT2D eigenvalue weighted by molar-refractivity contribution is -0.121. The van der Waals surface area contributed by atoms with E-state index >= 15 is 0 Å². The highest BCUT2D eigenvalue weighted by Gasteiger charge is 2.23. The lowest BCUT2D eigenvalue weighted by Crippen LogP contribution is -2.44. The summed E-state index contributed by atoms with van der Waals surface area (Å²) in [6.07, 6.45) is 0.0771. The zero-order valence-electron chi connectivity index (χ0n) is 19.1. The first-order valence-electron chi connectivity index (χ1n) is 11.0. The third-order valence-electron chi connectivity index (χ3n) is 5.84. The third-order valence-corrected chi connectivity index (χ3v) is 7.30. The van der Waals surface area contributed by atoms with Gasteiger partial charge in [-0.15, -0.1) is 0 Å². The van der Waals surface area contributed by atoms with Crippen molar-refractivity contribution < 1.29 is 17.9 Å². The number of morpholine rings is 1. The first kappa shape index (κ1) is 24.4. The molecule has 3 rings (SSSR count). The van der Waals surface area contributed by atoms with Gasteiger partial charge >= 0.3 is 0 Å². The lowest BCUT2D eigenvalue weighted by atomic mass is 10.0. The molecule has 0 spiro atoms. The van der Waals surface area contributed by atoms with E-state index in [1.807, 2.05) is 19.9 Å². The molecular formula is C24H33N3O4S. The van der Waals surface area contributed by atoms with Gasteiger partial charge in [0, 0.05) is 32.6 Å². The SMILES string of the molecule is Cc1cccc(C(CNC(=O)CCNS(=O)(=O)c2ccc(C)c(C)c2)N2CCOCC2)c1. The van der Waals surface area contributed by atoms with Gasteiger partial charge in [0.15, 0.2) is 0 Å². The summed E-state index contributed by atoms with van der Waals surface area (Å²) in [5.41, 5.74) is 4.28. The molecular weight excluding hydrogens is 426 g/mol. The normalized spacial score (nSPS) is 16.0. The van der Waals surface area contributed by atoms with Gasteiger partial charge in [-0.2, -0.15) is 0 Å². The van der Waals surface area contributed by atoms with Gasteiger partial charge < -0.3 is 10.1 Å². The predicted molar refractivity (Wildman–Crippen MR) is 125 cm³/mol. The van der Waals surface area contributed by atoms with Gasteiger partial charge in [0.2, 0.25) is 15.9 Å². The molecule has 2 aromatic rings. The van der Waals surface area contributed by atoms with E-state index in [1.54, 1.807) is 18.2 Å². The Hall–Kier alpha value is -2.26. The highest BCUT2D eigenvalue weighted by molar-refractivity contribution is 7.89. The third kappa shape index (κ3) is 6.62. The smallest absolute Gasteiger partial charge is 0.240 e. The molecule has 0 saturated carbocycles. The van der Waals surface area contributed by atoms with Crippen molar-refractivity contribution in [3.8, 4) is 0 Å². The molecule has 32 heavy (non-hydrogen) atoms. The number of nitrogens with one attached hydrogen (secondary N) is 2. The maximum Gasteiger partial charge on any atom is 0.240 e. The average molecular weight is 460 g/mol. The molecule has 8 heteroatoms. The Bertz CT molecular complexity index is 1030. The van der Waals surface area contributed by atoms with Crippen LogP contribution in [0.5, 0.6) is 0 Å². The summed E-state index contributed by atoms with van der Waals surface area (Å²) < 4.78 is 33.0. The van der Waals surface area contributed by atoms with Crippen molar-refractivity contribution in [2.24, 2.45) is 0 Å². The second-order valence-corrected chi connectivity index (χ2v) is 10.0. The van der Waals surface area contributed by atoms with Crippen LogP contribution in [0.1, 0.15) is 34.7 Å². The number of ether oxygens (including phenoxy) is 1. The fraction of sp³-hybridized carbons (Fsp3) is 0.458. The van der Waals surface area contributed by atoms with Crippen LogP contribution in [0, 0.1) is 20.8 Å². The van der Waals surface area contributed by atoms with Crippen LogP contribution in [-0.2, 0) is 19.6 Å². The largest absolute Gasteiger partial charge is 0.379 e. The Morgan fingerprint density at radius 2 is 1.81 bits per heavy atom. The molecule has 2 N–H and O–H groups in total. The van der Waals surface area contributed by atoms with Gasteiger partial charge in [0.05, 0.1) is 24.2 Å². The van der Waals surface area contributed by atoms with Crippen LogP contribution in [0.3, 0.4) is 0 Å². The molecule has 2 aromatic carbocycles. The number of benzene rings is 2. The van der Waals surface area contributed by atoms with E-state index in [0.29, 0.717) is 19.8 Å². The number of carbonyl (C=O) groups is 1. The summed E-state index contributed by atoms with van der Waals surface area (Å²) in [4.78, 5) is 15.0. The van der Waals surface area contributed by atoms with E-state index in [9.17, 15) is 13.2 Å². The van der Waals surface area contributed by atoms with Crippen LogP contribution in [0.2, 0.25) is 0 Å². The van der Waals surface area contributed by atoms with Crippen molar-refractivity contribution in [1.82, 2.24) is 14.9 Å². The topological polar surface area (TPSA) is 87.7 Å². The number of nitrogens with zero attached hydrogens (tertiary/aromatic N) is 1. The maximum atomic E-state index is 12.5. The first-order valence-corrected chi connectivity index (χ1v) is 12.5. The van der Waals surface area contributed by atoms with Gasteiger partial charge in [-0.1, -0.05) is 35.9 Å². The number of sulfonamides is 1. The highest BCUT2D eigenvalue weighted by atomic mass is 32.2. The monoisotopic (exact) mass is 459 g/mol. The van der Waals surface area contributed by atoms with Crippen molar-refractivity contribution in [3.05, 3.63) is 64.7 Å². The molecule has 1 fully saturated rings. The molecule has 1 atom stereocenters.